The molecule has 5 nitrogen and oxygen atoms in total. The largest absolute Gasteiger partial charge is 0.391 e. The molecule has 1 atom stereocenters. The Labute approximate surface area is 117 Å². The average Bonchev–Trinajstić information content (AvgIpc) is 2.26. The fraction of sp³-hybridized carbons (Fsp3) is 1.00. The minimum Gasteiger partial charge on any atom is -0.391 e. The monoisotopic (exact) mass is 292 g/mol. The fourth-order valence-electron chi connectivity index (χ4n) is 2.01. The molecule has 1 aliphatic heterocycles. The third-order valence-corrected chi connectivity index (χ3v) is 4.60. The summed E-state index contributed by atoms with van der Waals surface area (Å²) in [5.41, 5.74) is -0.0899. The highest BCUT2D eigenvalue weighted by atomic mass is 32.2. The van der Waals surface area contributed by atoms with Crippen molar-refractivity contribution in [1.29, 1.82) is 0 Å². The normalized spacial score (nSPS) is 21.5. The van der Waals surface area contributed by atoms with Gasteiger partial charge in [-0.05, 0) is 5.41 Å². The van der Waals surface area contributed by atoms with Crippen LogP contribution in [0.15, 0.2) is 0 Å². The molecule has 1 N–H and O–H groups in total. The summed E-state index contributed by atoms with van der Waals surface area (Å²) in [4.78, 5) is 4.44. The Hall–Kier alpha value is -0.170. The molecule has 0 aromatic carbocycles. The molecule has 1 aliphatic rings. The summed E-state index contributed by atoms with van der Waals surface area (Å²) in [6.45, 7) is 11.0. The smallest absolute Gasteiger partial charge is 0.148 e. The van der Waals surface area contributed by atoms with Crippen molar-refractivity contribution in [1.82, 2.24) is 9.80 Å². The quantitative estimate of drug-likeness (QED) is 0.776. The molecule has 0 amide bonds. The standard InChI is InChI=1S/C13H28N2O3S/c1-13(2,3)12(16)11-15-7-5-14(6-8-15)9-10-19(4,17)18/h12,16H,5-11H2,1-4H3/t12-/m0/s1. The summed E-state index contributed by atoms with van der Waals surface area (Å²) in [6.07, 6.45) is 0.957. The number of hydrogen-bond donors (Lipinski definition) is 1. The van der Waals surface area contributed by atoms with E-state index >= 15 is 0 Å². The molecule has 1 fully saturated rings. The molecule has 1 heterocycles. The first-order valence-electron chi connectivity index (χ1n) is 6.88. The number of rotatable bonds is 5. The summed E-state index contributed by atoms with van der Waals surface area (Å²) in [5.74, 6) is 0.234. The summed E-state index contributed by atoms with van der Waals surface area (Å²) in [6, 6.07) is 0. The predicted molar refractivity (Wildman–Crippen MR) is 78.1 cm³/mol. The summed E-state index contributed by atoms with van der Waals surface area (Å²) in [7, 11) is -2.87. The Balaban J connectivity index is 2.29. The molecule has 1 rings (SSSR count). The fourth-order valence-corrected chi connectivity index (χ4v) is 2.60. The molecule has 19 heavy (non-hydrogen) atoms. The lowest BCUT2D eigenvalue weighted by molar-refractivity contribution is 0.0141. The Morgan fingerprint density at radius 1 is 1.11 bits per heavy atom. The van der Waals surface area contributed by atoms with Crippen LogP contribution in [-0.2, 0) is 9.84 Å². The zero-order chi connectivity index (χ0) is 14.7. The first-order valence-corrected chi connectivity index (χ1v) is 8.94. The van der Waals surface area contributed by atoms with E-state index < -0.39 is 9.84 Å². The number of aliphatic hydroxyl groups is 1. The summed E-state index contributed by atoms with van der Waals surface area (Å²) < 4.78 is 22.2. The Bertz CT molecular complexity index is 368. The Morgan fingerprint density at radius 3 is 2.00 bits per heavy atom. The molecular formula is C13H28N2O3S. The number of nitrogens with zero attached hydrogens (tertiary/aromatic N) is 2. The van der Waals surface area contributed by atoms with E-state index in [-0.39, 0.29) is 17.3 Å². The molecule has 0 spiro atoms. The van der Waals surface area contributed by atoms with E-state index in [4.69, 9.17) is 0 Å². The number of hydrogen-bond acceptors (Lipinski definition) is 5. The molecule has 0 bridgehead atoms. The average molecular weight is 292 g/mol. The van der Waals surface area contributed by atoms with Crippen LogP contribution >= 0.6 is 0 Å². The molecule has 0 aromatic heterocycles. The van der Waals surface area contributed by atoms with Gasteiger partial charge in [-0.15, -0.1) is 0 Å². The summed E-state index contributed by atoms with van der Waals surface area (Å²) in [5, 5.41) is 10.1. The number of β-amino-alcohol motifs (C(OH)–C–C–N with tert-alkyl or cyclic N) is 1. The third-order valence-electron chi connectivity index (χ3n) is 3.67. The highest BCUT2D eigenvalue weighted by Gasteiger charge is 2.26. The van der Waals surface area contributed by atoms with Gasteiger partial charge in [0.2, 0.25) is 0 Å². The second-order valence-corrected chi connectivity index (χ2v) is 8.91. The van der Waals surface area contributed by atoms with Crippen LogP contribution in [0.25, 0.3) is 0 Å². The first kappa shape index (κ1) is 16.9. The van der Waals surface area contributed by atoms with Crippen LogP contribution in [0.2, 0.25) is 0 Å². The highest BCUT2D eigenvalue weighted by molar-refractivity contribution is 7.90. The van der Waals surface area contributed by atoms with E-state index in [0.717, 1.165) is 26.2 Å². The number of aliphatic hydroxyl groups excluding tert-OH is 1. The van der Waals surface area contributed by atoms with Gasteiger partial charge < -0.3 is 5.11 Å². The predicted octanol–water partition coefficient (Wildman–Crippen LogP) is 0.0556. The van der Waals surface area contributed by atoms with E-state index in [1.807, 2.05) is 20.8 Å². The van der Waals surface area contributed by atoms with Gasteiger partial charge in [-0.1, -0.05) is 20.8 Å². The highest BCUT2D eigenvalue weighted by Crippen LogP contribution is 2.20. The van der Waals surface area contributed by atoms with Crippen molar-refractivity contribution in [2.24, 2.45) is 5.41 Å². The number of sulfone groups is 1. The molecule has 114 valence electrons. The Morgan fingerprint density at radius 2 is 1.58 bits per heavy atom. The van der Waals surface area contributed by atoms with Gasteiger partial charge in [-0.2, -0.15) is 0 Å². The van der Waals surface area contributed by atoms with E-state index in [0.29, 0.717) is 13.1 Å². The molecular weight excluding hydrogens is 264 g/mol. The van der Waals surface area contributed by atoms with Crippen LogP contribution in [0.1, 0.15) is 20.8 Å². The van der Waals surface area contributed by atoms with E-state index in [9.17, 15) is 13.5 Å². The van der Waals surface area contributed by atoms with Crippen LogP contribution in [0, 0.1) is 5.41 Å². The first-order chi connectivity index (χ1) is 8.58. The van der Waals surface area contributed by atoms with Gasteiger partial charge in [0.15, 0.2) is 0 Å². The zero-order valence-corrected chi connectivity index (χ0v) is 13.4. The molecule has 6 heteroatoms. The summed E-state index contributed by atoms with van der Waals surface area (Å²) >= 11 is 0. The van der Waals surface area contributed by atoms with Crippen molar-refractivity contribution in [3.63, 3.8) is 0 Å². The van der Waals surface area contributed by atoms with Crippen molar-refractivity contribution >= 4 is 9.84 Å². The third kappa shape index (κ3) is 6.70. The lowest BCUT2D eigenvalue weighted by Gasteiger charge is -2.37. The van der Waals surface area contributed by atoms with Crippen molar-refractivity contribution in [2.75, 3.05) is 51.3 Å². The van der Waals surface area contributed by atoms with Crippen LogP contribution in [-0.4, -0.2) is 80.7 Å². The van der Waals surface area contributed by atoms with Crippen molar-refractivity contribution < 1.29 is 13.5 Å². The Kier molecular flexibility index (Phi) is 5.79. The van der Waals surface area contributed by atoms with E-state index in [1.54, 1.807) is 0 Å². The van der Waals surface area contributed by atoms with Gasteiger partial charge >= 0.3 is 0 Å². The SMILES string of the molecule is CC(C)(C)[C@@H](O)CN1CCN(CCS(C)(=O)=O)CC1. The van der Waals surface area contributed by atoms with Crippen molar-refractivity contribution in [3.05, 3.63) is 0 Å². The van der Waals surface area contributed by atoms with Crippen LogP contribution < -0.4 is 0 Å². The van der Waals surface area contributed by atoms with Gasteiger partial charge in [-0.25, -0.2) is 8.42 Å². The van der Waals surface area contributed by atoms with Gasteiger partial charge in [-0.3, -0.25) is 9.80 Å². The minimum atomic E-state index is -2.87. The van der Waals surface area contributed by atoms with Crippen LogP contribution in [0.5, 0.6) is 0 Å². The second-order valence-electron chi connectivity index (χ2n) is 6.65. The minimum absolute atomic E-state index is 0.0899. The second kappa shape index (κ2) is 6.52. The van der Waals surface area contributed by atoms with Gasteiger partial charge in [0, 0.05) is 45.5 Å². The molecule has 0 aromatic rings. The van der Waals surface area contributed by atoms with Gasteiger partial charge in [0.25, 0.3) is 0 Å². The molecule has 1 saturated heterocycles. The van der Waals surface area contributed by atoms with Crippen LogP contribution in [0.4, 0.5) is 0 Å². The van der Waals surface area contributed by atoms with Crippen LogP contribution in [0.3, 0.4) is 0 Å². The lowest BCUT2D eigenvalue weighted by atomic mass is 9.89. The van der Waals surface area contributed by atoms with E-state index in [2.05, 4.69) is 9.80 Å². The van der Waals surface area contributed by atoms with Gasteiger partial charge in [0.05, 0.1) is 11.9 Å². The molecule has 0 aliphatic carbocycles. The maximum atomic E-state index is 11.1. The van der Waals surface area contributed by atoms with Crippen molar-refractivity contribution in [3.8, 4) is 0 Å². The topological polar surface area (TPSA) is 60.9 Å². The van der Waals surface area contributed by atoms with E-state index in [1.165, 1.54) is 6.26 Å². The molecule has 0 unspecified atom stereocenters. The van der Waals surface area contributed by atoms with Crippen molar-refractivity contribution in [2.45, 2.75) is 26.9 Å². The molecule has 0 saturated carbocycles. The lowest BCUT2D eigenvalue weighted by Crippen LogP contribution is -2.50. The number of piperazine rings is 1. The zero-order valence-electron chi connectivity index (χ0n) is 12.6. The van der Waals surface area contributed by atoms with Gasteiger partial charge in [0.1, 0.15) is 9.84 Å². The maximum absolute atomic E-state index is 11.1. The maximum Gasteiger partial charge on any atom is 0.148 e. The molecule has 0 radical (unpaired) electrons.